The van der Waals surface area contributed by atoms with E-state index in [-0.39, 0.29) is 18.5 Å². The third kappa shape index (κ3) is 7.05. The lowest BCUT2D eigenvalue weighted by Gasteiger charge is -2.32. The summed E-state index contributed by atoms with van der Waals surface area (Å²) in [5, 5.41) is 2.77. The minimum absolute atomic E-state index is 0.0250. The van der Waals surface area contributed by atoms with Crippen LogP contribution in [0.4, 0.5) is 10.1 Å². The summed E-state index contributed by atoms with van der Waals surface area (Å²) in [6.45, 7) is 6.57. The van der Waals surface area contributed by atoms with E-state index in [4.69, 9.17) is 0 Å². The molecule has 0 saturated heterocycles. The molecule has 0 heterocycles. The molecular weight excluding hydrogens is 433 g/mol. The van der Waals surface area contributed by atoms with Crippen LogP contribution in [0.3, 0.4) is 0 Å². The zero-order valence-electron chi connectivity index (χ0n) is 19.0. The molecule has 0 aliphatic carbocycles. The Kier molecular flexibility index (Phi) is 8.38. The molecule has 0 bridgehead atoms. The molecule has 2 rings (SSSR count). The quantitative estimate of drug-likeness (QED) is 0.620. The average molecular weight is 464 g/mol. The molecule has 0 radical (unpaired) electrons. The SMILES string of the molecule is Cc1cccc(N(CC(=O)N(Cc2ccc(F)cc2)[C@@H](C)C(=O)NC(C)C)S(C)(=O)=O)c1. The summed E-state index contributed by atoms with van der Waals surface area (Å²) in [4.78, 5) is 27.3. The van der Waals surface area contributed by atoms with Crippen LogP contribution in [-0.4, -0.2) is 50.0 Å². The van der Waals surface area contributed by atoms with Crippen molar-refractivity contribution >= 4 is 27.5 Å². The van der Waals surface area contributed by atoms with Crippen LogP contribution in [0.2, 0.25) is 0 Å². The van der Waals surface area contributed by atoms with E-state index in [1.54, 1.807) is 39.0 Å². The molecule has 32 heavy (non-hydrogen) atoms. The first-order chi connectivity index (χ1) is 14.9. The van der Waals surface area contributed by atoms with Gasteiger partial charge in [0.15, 0.2) is 0 Å². The van der Waals surface area contributed by atoms with Gasteiger partial charge in [-0.2, -0.15) is 0 Å². The van der Waals surface area contributed by atoms with Crippen LogP contribution in [-0.2, 0) is 26.2 Å². The smallest absolute Gasteiger partial charge is 0.244 e. The maximum atomic E-state index is 13.3. The Morgan fingerprint density at radius 3 is 2.22 bits per heavy atom. The Balaban J connectivity index is 2.38. The van der Waals surface area contributed by atoms with E-state index in [2.05, 4.69) is 5.32 Å². The first-order valence-electron chi connectivity index (χ1n) is 10.3. The van der Waals surface area contributed by atoms with Gasteiger partial charge in [0.05, 0.1) is 11.9 Å². The van der Waals surface area contributed by atoms with E-state index in [0.717, 1.165) is 16.1 Å². The molecule has 2 aromatic rings. The van der Waals surface area contributed by atoms with Gasteiger partial charge in [-0.1, -0.05) is 24.3 Å². The van der Waals surface area contributed by atoms with Crippen LogP contribution in [0, 0.1) is 12.7 Å². The molecule has 1 atom stereocenters. The van der Waals surface area contributed by atoms with Gasteiger partial charge in [-0.05, 0) is 63.1 Å². The number of rotatable bonds is 9. The Bertz CT molecular complexity index is 1060. The van der Waals surface area contributed by atoms with E-state index in [9.17, 15) is 22.4 Å². The van der Waals surface area contributed by atoms with Gasteiger partial charge < -0.3 is 10.2 Å². The van der Waals surface area contributed by atoms with Crippen molar-refractivity contribution in [2.24, 2.45) is 0 Å². The van der Waals surface area contributed by atoms with Crippen LogP contribution in [0.5, 0.6) is 0 Å². The number of benzene rings is 2. The van der Waals surface area contributed by atoms with Crippen molar-refractivity contribution in [2.45, 2.75) is 46.3 Å². The van der Waals surface area contributed by atoms with Gasteiger partial charge in [-0.25, -0.2) is 12.8 Å². The molecule has 9 heteroatoms. The number of amides is 2. The minimum atomic E-state index is -3.77. The molecule has 2 aromatic carbocycles. The molecule has 0 saturated carbocycles. The third-order valence-electron chi connectivity index (χ3n) is 4.83. The zero-order chi connectivity index (χ0) is 24.1. The highest BCUT2D eigenvalue weighted by Crippen LogP contribution is 2.20. The molecule has 0 aliphatic rings. The van der Waals surface area contributed by atoms with Crippen LogP contribution in [0.15, 0.2) is 48.5 Å². The number of nitrogens with one attached hydrogen (secondary N) is 1. The Labute approximate surface area is 189 Å². The summed E-state index contributed by atoms with van der Waals surface area (Å²) in [6.07, 6.45) is 1.03. The molecule has 0 unspecified atom stereocenters. The summed E-state index contributed by atoms with van der Waals surface area (Å²) in [5.41, 5.74) is 1.82. The lowest BCUT2D eigenvalue weighted by atomic mass is 10.1. The van der Waals surface area contributed by atoms with Gasteiger partial charge in [0.1, 0.15) is 18.4 Å². The number of anilines is 1. The van der Waals surface area contributed by atoms with Crippen molar-refractivity contribution in [3.63, 3.8) is 0 Å². The van der Waals surface area contributed by atoms with Gasteiger partial charge >= 0.3 is 0 Å². The summed E-state index contributed by atoms with van der Waals surface area (Å²) >= 11 is 0. The minimum Gasteiger partial charge on any atom is -0.352 e. The van der Waals surface area contributed by atoms with Crippen molar-refractivity contribution in [1.29, 1.82) is 0 Å². The summed E-state index contributed by atoms with van der Waals surface area (Å²) in [7, 11) is -3.77. The molecule has 0 fully saturated rings. The molecule has 7 nitrogen and oxygen atoms in total. The summed E-state index contributed by atoms with van der Waals surface area (Å²) < 4.78 is 39.3. The van der Waals surface area contributed by atoms with Crippen LogP contribution >= 0.6 is 0 Å². The zero-order valence-corrected chi connectivity index (χ0v) is 19.8. The number of carbonyl (C=O) groups excluding carboxylic acids is 2. The number of carbonyl (C=O) groups is 2. The van der Waals surface area contributed by atoms with E-state index in [0.29, 0.717) is 11.3 Å². The summed E-state index contributed by atoms with van der Waals surface area (Å²) in [5.74, 6) is -1.33. The van der Waals surface area contributed by atoms with Crippen molar-refractivity contribution in [3.05, 3.63) is 65.5 Å². The lowest BCUT2D eigenvalue weighted by Crippen LogP contribution is -2.52. The molecule has 1 N–H and O–H groups in total. The average Bonchev–Trinajstić information content (AvgIpc) is 2.69. The first kappa shape index (κ1) is 25.3. The second-order valence-corrected chi connectivity index (χ2v) is 10.0. The van der Waals surface area contributed by atoms with Crippen molar-refractivity contribution < 1.29 is 22.4 Å². The number of aryl methyl sites for hydroxylation is 1. The van der Waals surface area contributed by atoms with Crippen molar-refractivity contribution in [1.82, 2.24) is 10.2 Å². The van der Waals surface area contributed by atoms with Gasteiger partial charge in [-0.15, -0.1) is 0 Å². The van der Waals surface area contributed by atoms with Crippen molar-refractivity contribution in [2.75, 3.05) is 17.1 Å². The first-order valence-corrected chi connectivity index (χ1v) is 12.1. The Morgan fingerprint density at radius 2 is 1.69 bits per heavy atom. The van der Waals surface area contributed by atoms with E-state index >= 15 is 0 Å². The third-order valence-corrected chi connectivity index (χ3v) is 5.97. The number of halogens is 1. The van der Waals surface area contributed by atoms with Crippen LogP contribution in [0.1, 0.15) is 31.9 Å². The molecule has 0 aliphatic heterocycles. The normalized spacial score (nSPS) is 12.3. The number of hydrogen-bond donors (Lipinski definition) is 1. The van der Waals surface area contributed by atoms with Gasteiger partial charge in [0.2, 0.25) is 21.8 Å². The molecule has 2 amide bonds. The molecule has 174 valence electrons. The molecular formula is C23H30FN3O4S. The highest BCUT2D eigenvalue weighted by atomic mass is 32.2. The predicted octanol–water partition coefficient (Wildman–Crippen LogP) is 2.84. The monoisotopic (exact) mass is 463 g/mol. The molecule has 0 spiro atoms. The van der Waals surface area contributed by atoms with Gasteiger partial charge in [0, 0.05) is 12.6 Å². The summed E-state index contributed by atoms with van der Waals surface area (Å²) in [6, 6.07) is 11.4. The molecule has 0 aromatic heterocycles. The van der Waals surface area contributed by atoms with Crippen LogP contribution < -0.4 is 9.62 Å². The highest BCUT2D eigenvalue weighted by Gasteiger charge is 2.30. The van der Waals surface area contributed by atoms with Crippen LogP contribution in [0.25, 0.3) is 0 Å². The number of nitrogens with zero attached hydrogens (tertiary/aromatic N) is 2. The van der Waals surface area contributed by atoms with Gasteiger partial charge in [-0.3, -0.25) is 13.9 Å². The van der Waals surface area contributed by atoms with E-state index in [1.165, 1.54) is 29.2 Å². The highest BCUT2D eigenvalue weighted by molar-refractivity contribution is 7.92. The van der Waals surface area contributed by atoms with Crippen molar-refractivity contribution in [3.8, 4) is 0 Å². The van der Waals surface area contributed by atoms with E-state index < -0.39 is 34.3 Å². The fraction of sp³-hybridized carbons (Fsp3) is 0.391. The largest absolute Gasteiger partial charge is 0.352 e. The second-order valence-electron chi connectivity index (χ2n) is 8.10. The number of sulfonamides is 1. The fourth-order valence-corrected chi connectivity index (χ4v) is 4.01. The Morgan fingerprint density at radius 1 is 1.06 bits per heavy atom. The topological polar surface area (TPSA) is 86.8 Å². The Hall–Kier alpha value is -2.94. The van der Waals surface area contributed by atoms with E-state index in [1.807, 2.05) is 13.0 Å². The predicted molar refractivity (Wildman–Crippen MR) is 123 cm³/mol. The maximum absolute atomic E-state index is 13.3. The maximum Gasteiger partial charge on any atom is 0.244 e. The van der Waals surface area contributed by atoms with Gasteiger partial charge in [0.25, 0.3) is 0 Å². The lowest BCUT2D eigenvalue weighted by molar-refractivity contribution is -0.139. The fourth-order valence-electron chi connectivity index (χ4n) is 3.17. The second kappa shape index (κ2) is 10.6. The number of hydrogen-bond acceptors (Lipinski definition) is 4. The standard InChI is InChI=1S/C23H30FN3O4S/c1-16(2)25-23(29)18(4)26(14-19-9-11-20(24)12-10-19)22(28)15-27(32(5,30)31)21-8-6-7-17(3)13-21/h6-13,16,18H,14-15H2,1-5H3,(H,25,29)/t18-/m0/s1.